The van der Waals surface area contributed by atoms with E-state index in [-0.39, 0.29) is 17.3 Å². The third-order valence-electron chi connectivity index (χ3n) is 6.50. The van der Waals surface area contributed by atoms with Crippen LogP contribution in [0.15, 0.2) is 94.6 Å². The van der Waals surface area contributed by atoms with Crippen LogP contribution in [0.1, 0.15) is 60.6 Å². The summed E-state index contributed by atoms with van der Waals surface area (Å²) in [5.41, 5.74) is 3.74. The Hall–Kier alpha value is -3.90. The first-order valence-electron chi connectivity index (χ1n) is 12.8. The fourth-order valence-electron chi connectivity index (χ4n) is 4.66. The molecule has 0 saturated heterocycles. The maximum atomic E-state index is 13.1. The number of benzene rings is 3. The van der Waals surface area contributed by atoms with Gasteiger partial charge in [0, 0.05) is 18.5 Å². The Balaban J connectivity index is 1.74. The number of hydrogen-bond acceptors (Lipinski definition) is 6. The lowest BCUT2D eigenvalue weighted by molar-refractivity contribution is -0.254. The van der Waals surface area contributed by atoms with Gasteiger partial charge in [0.15, 0.2) is 0 Å². The molecule has 1 unspecified atom stereocenters. The predicted molar refractivity (Wildman–Crippen MR) is 147 cm³/mol. The average molecular weight is 530 g/mol. The Morgan fingerprint density at radius 3 is 2.32 bits per heavy atom. The molecule has 0 aliphatic carbocycles. The van der Waals surface area contributed by atoms with Gasteiger partial charge in [0.25, 0.3) is 0 Å². The number of amidine groups is 1. The van der Waals surface area contributed by atoms with Crippen LogP contribution in [-0.4, -0.2) is 29.3 Å². The number of nitrogens with zero attached hydrogens (tertiary/aromatic N) is 2. The number of hydrogen-bond donors (Lipinski definition) is 0. The molecular weight excluding hydrogens is 500 g/mol. The summed E-state index contributed by atoms with van der Waals surface area (Å²) in [6.07, 6.45) is 2.62. The van der Waals surface area contributed by atoms with Crippen molar-refractivity contribution in [2.75, 3.05) is 6.61 Å². The van der Waals surface area contributed by atoms with E-state index in [1.807, 2.05) is 54.6 Å². The van der Waals surface area contributed by atoms with Crippen molar-refractivity contribution in [3.63, 3.8) is 0 Å². The molecule has 7 heteroatoms. The van der Waals surface area contributed by atoms with Crippen molar-refractivity contribution in [2.24, 2.45) is 4.99 Å². The first-order valence-corrected chi connectivity index (χ1v) is 13.2. The van der Waals surface area contributed by atoms with Crippen molar-refractivity contribution in [3.05, 3.63) is 106 Å². The Kier molecular flexibility index (Phi) is 8.98. The van der Waals surface area contributed by atoms with Crippen molar-refractivity contribution in [1.82, 2.24) is 4.90 Å². The molecule has 3 aromatic rings. The van der Waals surface area contributed by atoms with Crippen molar-refractivity contribution in [1.29, 1.82) is 0 Å². The molecule has 0 amide bonds. The van der Waals surface area contributed by atoms with Gasteiger partial charge in [0.05, 0.1) is 18.6 Å². The van der Waals surface area contributed by atoms with Gasteiger partial charge in [-0.3, -0.25) is 0 Å². The number of halogens is 1. The van der Waals surface area contributed by atoms with Crippen LogP contribution in [0.3, 0.4) is 0 Å². The van der Waals surface area contributed by atoms with E-state index < -0.39 is 18.0 Å². The van der Waals surface area contributed by atoms with Gasteiger partial charge in [-0.2, -0.15) is 0 Å². The van der Waals surface area contributed by atoms with Crippen molar-refractivity contribution in [3.8, 4) is 11.1 Å². The molecule has 4 rings (SSSR count). The first kappa shape index (κ1) is 27.1. The van der Waals surface area contributed by atoms with Crippen LogP contribution in [0.25, 0.3) is 11.1 Å². The average Bonchev–Trinajstić information content (AvgIpc) is 2.93. The lowest BCUT2D eigenvalue weighted by Gasteiger charge is -2.38. The van der Waals surface area contributed by atoms with Crippen LogP contribution in [0.4, 0.5) is 0 Å². The van der Waals surface area contributed by atoms with Crippen LogP contribution >= 0.6 is 11.6 Å². The minimum absolute atomic E-state index is 0.147. The molecule has 38 heavy (non-hydrogen) atoms. The lowest BCUT2D eigenvalue weighted by atomic mass is 9.94. The van der Waals surface area contributed by atoms with Gasteiger partial charge < -0.3 is 19.5 Å². The second-order valence-corrected chi connectivity index (χ2v) is 9.39. The number of rotatable bonds is 10. The zero-order valence-electron chi connectivity index (χ0n) is 21.5. The highest BCUT2D eigenvalue weighted by atomic mass is 35.5. The predicted octanol–water partition coefficient (Wildman–Crippen LogP) is 5.88. The molecule has 1 heterocycles. The third-order valence-corrected chi connectivity index (χ3v) is 6.78. The van der Waals surface area contributed by atoms with E-state index in [1.54, 1.807) is 31.2 Å². The van der Waals surface area contributed by atoms with E-state index in [4.69, 9.17) is 16.3 Å². The number of carboxylic acids is 1. The highest BCUT2D eigenvalue weighted by Gasteiger charge is 2.37. The number of carboxylic acid groups (broad SMARTS) is 1. The Morgan fingerprint density at radius 1 is 0.974 bits per heavy atom. The molecule has 1 aliphatic heterocycles. The second kappa shape index (κ2) is 12.6. The number of aromatic carboxylic acids is 1. The largest absolute Gasteiger partial charge is 0.545 e. The topological polar surface area (TPSA) is 82.0 Å². The zero-order valence-corrected chi connectivity index (χ0v) is 22.3. The Bertz CT molecular complexity index is 1350. The number of aliphatic imine (C=N–C) groups is 1. The monoisotopic (exact) mass is 529 g/mol. The van der Waals surface area contributed by atoms with E-state index in [1.165, 1.54) is 0 Å². The van der Waals surface area contributed by atoms with Gasteiger partial charge in [-0.05, 0) is 35.6 Å². The minimum atomic E-state index is -1.21. The number of carbonyl (C=O) groups is 2. The zero-order chi connectivity index (χ0) is 27.1. The molecule has 196 valence electrons. The summed E-state index contributed by atoms with van der Waals surface area (Å²) in [5, 5.41) is 11.8. The summed E-state index contributed by atoms with van der Waals surface area (Å²) in [5.74, 6) is -0.885. The maximum Gasteiger partial charge on any atom is 0.339 e. The standard InChI is InChI=1S/C31H31ClN2O4/c1-3-5-15-26-33-29(32)27(31(37)38-4-2)28(23-11-7-6-8-12-23)34(26)20-21-16-18-22(19-17-21)24-13-9-10-14-25(24)30(35)36/h6-14,16-19,28H,3-5,15,20H2,1-2H3,(H,35,36)/p-1. The van der Waals surface area contributed by atoms with Crippen molar-refractivity contribution in [2.45, 2.75) is 45.7 Å². The molecule has 3 aromatic carbocycles. The van der Waals surface area contributed by atoms with Crippen molar-refractivity contribution >= 4 is 29.4 Å². The summed E-state index contributed by atoms with van der Waals surface area (Å²) >= 11 is 6.64. The molecule has 1 aliphatic rings. The fraction of sp³-hybridized carbons (Fsp3) is 0.258. The number of esters is 1. The van der Waals surface area contributed by atoms with Gasteiger partial charge in [0.2, 0.25) is 0 Å². The van der Waals surface area contributed by atoms with Crippen LogP contribution in [0.2, 0.25) is 0 Å². The smallest absolute Gasteiger partial charge is 0.339 e. The molecule has 0 bridgehead atoms. The summed E-state index contributed by atoms with van der Waals surface area (Å²) in [7, 11) is 0. The lowest BCUT2D eigenvalue weighted by Crippen LogP contribution is -2.40. The highest BCUT2D eigenvalue weighted by molar-refractivity contribution is 6.32. The third kappa shape index (κ3) is 5.97. The minimum Gasteiger partial charge on any atom is -0.545 e. The normalized spacial score (nSPS) is 15.3. The summed E-state index contributed by atoms with van der Waals surface area (Å²) in [6, 6.07) is 23.8. The van der Waals surface area contributed by atoms with E-state index in [0.717, 1.165) is 35.4 Å². The maximum absolute atomic E-state index is 13.1. The fourth-order valence-corrected chi connectivity index (χ4v) is 4.94. The van der Waals surface area contributed by atoms with E-state index >= 15 is 0 Å². The van der Waals surface area contributed by atoms with Gasteiger partial charge in [-0.25, -0.2) is 9.79 Å². The Labute approximate surface area is 228 Å². The number of ether oxygens (including phenoxy) is 1. The molecule has 0 fully saturated rings. The van der Waals surface area contributed by atoms with Crippen LogP contribution in [-0.2, 0) is 16.1 Å². The van der Waals surface area contributed by atoms with E-state index in [2.05, 4.69) is 16.8 Å². The molecular formula is C31H30ClN2O4-. The molecule has 6 nitrogen and oxygen atoms in total. The molecule has 0 aromatic heterocycles. The number of unbranched alkanes of at least 4 members (excludes halogenated alkanes) is 1. The molecule has 0 spiro atoms. The van der Waals surface area contributed by atoms with E-state index in [9.17, 15) is 14.7 Å². The van der Waals surface area contributed by atoms with Crippen LogP contribution < -0.4 is 5.11 Å². The van der Waals surface area contributed by atoms with Gasteiger partial charge in [-0.15, -0.1) is 0 Å². The van der Waals surface area contributed by atoms with Gasteiger partial charge in [0.1, 0.15) is 16.6 Å². The molecule has 0 N–H and O–H groups in total. The molecule has 0 saturated carbocycles. The summed E-state index contributed by atoms with van der Waals surface area (Å²) < 4.78 is 5.38. The van der Waals surface area contributed by atoms with E-state index in [0.29, 0.717) is 24.1 Å². The molecule has 1 atom stereocenters. The van der Waals surface area contributed by atoms with Gasteiger partial charge in [-0.1, -0.05) is 104 Å². The van der Waals surface area contributed by atoms with Crippen molar-refractivity contribution < 1.29 is 19.4 Å². The number of carbonyl (C=O) groups excluding carboxylic acids is 2. The summed E-state index contributed by atoms with van der Waals surface area (Å²) in [4.78, 5) is 31.5. The van der Waals surface area contributed by atoms with Crippen LogP contribution in [0.5, 0.6) is 0 Å². The quantitative estimate of drug-likeness (QED) is 0.242. The van der Waals surface area contributed by atoms with Gasteiger partial charge >= 0.3 is 5.97 Å². The Morgan fingerprint density at radius 2 is 1.66 bits per heavy atom. The molecule has 0 radical (unpaired) electrons. The summed E-state index contributed by atoms with van der Waals surface area (Å²) in [6.45, 7) is 4.58. The SMILES string of the molecule is CCCCC1=NC(Cl)=C(C(=O)OCC)C(c2ccccc2)N1Cc1ccc(-c2ccccc2C(=O)[O-])cc1. The first-order chi connectivity index (χ1) is 18.4. The van der Waals surface area contributed by atoms with Crippen LogP contribution in [0, 0.1) is 0 Å². The highest BCUT2D eigenvalue weighted by Crippen LogP contribution is 2.39. The second-order valence-electron chi connectivity index (χ2n) is 9.03.